The van der Waals surface area contributed by atoms with Crippen LogP contribution in [0.1, 0.15) is 50.1 Å². The number of aromatic nitrogens is 1. The Labute approximate surface area is 121 Å². The summed E-state index contributed by atoms with van der Waals surface area (Å²) in [7, 11) is 0. The number of rotatable bonds is 6. The fourth-order valence-electron chi connectivity index (χ4n) is 2.58. The van der Waals surface area contributed by atoms with Crippen molar-refractivity contribution in [2.24, 2.45) is 5.92 Å². The molecule has 1 unspecified atom stereocenters. The molecule has 0 bridgehead atoms. The largest absolute Gasteiger partial charge is 0.348 e. The van der Waals surface area contributed by atoms with Crippen LogP contribution < -0.4 is 10.2 Å². The van der Waals surface area contributed by atoms with E-state index in [1.807, 2.05) is 11.3 Å². The molecule has 0 aliphatic carbocycles. The fourth-order valence-corrected chi connectivity index (χ4v) is 3.64. The lowest BCUT2D eigenvalue weighted by molar-refractivity contribution is 0.446. The van der Waals surface area contributed by atoms with Crippen LogP contribution in [0.2, 0.25) is 0 Å². The predicted octanol–water partition coefficient (Wildman–Crippen LogP) is 3.58. The third kappa shape index (κ3) is 4.18. The van der Waals surface area contributed by atoms with Crippen molar-refractivity contribution >= 4 is 16.5 Å². The van der Waals surface area contributed by atoms with Crippen LogP contribution in [0.4, 0.5) is 5.13 Å². The Morgan fingerprint density at radius 3 is 3.05 bits per heavy atom. The Balaban J connectivity index is 1.92. The first-order chi connectivity index (χ1) is 9.20. The summed E-state index contributed by atoms with van der Waals surface area (Å²) in [5, 5.41) is 4.75. The molecule has 0 saturated carbocycles. The van der Waals surface area contributed by atoms with Gasteiger partial charge in [0, 0.05) is 24.5 Å². The molecule has 1 aromatic heterocycles. The molecular formula is C15H27N3S. The van der Waals surface area contributed by atoms with Gasteiger partial charge in [-0.1, -0.05) is 20.3 Å². The van der Waals surface area contributed by atoms with Crippen molar-refractivity contribution in [1.29, 1.82) is 0 Å². The summed E-state index contributed by atoms with van der Waals surface area (Å²) >= 11 is 1.88. The first-order valence-corrected chi connectivity index (χ1v) is 8.44. The molecule has 1 saturated heterocycles. The van der Waals surface area contributed by atoms with Crippen LogP contribution in [0.15, 0.2) is 0 Å². The third-order valence-corrected chi connectivity index (χ3v) is 5.02. The van der Waals surface area contributed by atoms with Gasteiger partial charge in [0.25, 0.3) is 0 Å². The summed E-state index contributed by atoms with van der Waals surface area (Å²) < 4.78 is 0. The Morgan fingerprint density at radius 2 is 2.32 bits per heavy atom. The van der Waals surface area contributed by atoms with Gasteiger partial charge in [-0.3, -0.25) is 0 Å². The molecule has 1 aliphatic rings. The molecule has 0 aromatic carbocycles. The maximum Gasteiger partial charge on any atom is 0.185 e. The van der Waals surface area contributed by atoms with Crippen LogP contribution >= 0.6 is 11.3 Å². The first kappa shape index (κ1) is 14.8. The quantitative estimate of drug-likeness (QED) is 0.808. The van der Waals surface area contributed by atoms with Crippen LogP contribution in [0.3, 0.4) is 0 Å². The van der Waals surface area contributed by atoms with Crippen LogP contribution in [0.25, 0.3) is 0 Å². The molecule has 1 N–H and O–H groups in total. The highest BCUT2D eigenvalue weighted by molar-refractivity contribution is 7.15. The van der Waals surface area contributed by atoms with Crippen LogP contribution in [-0.4, -0.2) is 24.6 Å². The van der Waals surface area contributed by atoms with Gasteiger partial charge in [0.05, 0.1) is 5.69 Å². The summed E-state index contributed by atoms with van der Waals surface area (Å²) in [5.74, 6) is 0.809. The van der Waals surface area contributed by atoms with Gasteiger partial charge in [-0.05, 0) is 38.6 Å². The van der Waals surface area contributed by atoms with Crippen molar-refractivity contribution in [2.75, 3.05) is 24.5 Å². The molecule has 1 aromatic rings. The average Bonchev–Trinajstić information content (AvgIpc) is 2.76. The molecule has 4 heteroatoms. The van der Waals surface area contributed by atoms with Gasteiger partial charge < -0.3 is 10.2 Å². The van der Waals surface area contributed by atoms with E-state index in [0.717, 1.165) is 19.0 Å². The van der Waals surface area contributed by atoms with Crippen molar-refractivity contribution in [3.8, 4) is 0 Å². The lowest BCUT2D eigenvalue weighted by Gasteiger charge is -2.30. The molecule has 0 amide bonds. The lowest BCUT2D eigenvalue weighted by atomic mass is 10.0. The van der Waals surface area contributed by atoms with Gasteiger partial charge in [0.15, 0.2) is 5.13 Å². The van der Waals surface area contributed by atoms with Gasteiger partial charge in [-0.25, -0.2) is 4.98 Å². The highest BCUT2D eigenvalue weighted by atomic mass is 32.1. The highest BCUT2D eigenvalue weighted by Gasteiger charge is 2.20. The SMILES string of the molecule is CCCCNCc1sc(N2CCCC(C)C2)nc1C. The van der Waals surface area contributed by atoms with Crippen molar-refractivity contribution < 1.29 is 0 Å². The second kappa shape index (κ2) is 7.25. The second-order valence-corrected chi connectivity index (χ2v) is 6.79. The zero-order chi connectivity index (χ0) is 13.7. The lowest BCUT2D eigenvalue weighted by Crippen LogP contribution is -2.34. The average molecular weight is 281 g/mol. The number of anilines is 1. The van der Waals surface area contributed by atoms with Crippen LogP contribution in [-0.2, 0) is 6.54 Å². The van der Waals surface area contributed by atoms with E-state index >= 15 is 0 Å². The molecule has 3 nitrogen and oxygen atoms in total. The van der Waals surface area contributed by atoms with Gasteiger partial charge >= 0.3 is 0 Å². The number of hydrogen-bond acceptors (Lipinski definition) is 4. The molecule has 0 spiro atoms. The maximum absolute atomic E-state index is 4.77. The van der Waals surface area contributed by atoms with E-state index in [9.17, 15) is 0 Å². The Bertz CT molecular complexity index is 389. The minimum atomic E-state index is 0.809. The number of hydrogen-bond donors (Lipinski definition) is 1. The summed E-state index contributed by atoms with van der Waals surface area (Å²) in [4.78, 5) is 8.65. The number of nitrogens with zero attached hydrogens (tertiary/aromatic N) is 2. The molecule has 0 radical (unpaired) electrons. The molecule has 2 rings (SSSR count). The van der Waals surface area contributed by atoms with Crippen LogP contribution in [0, 0.1) is 12.8 Å². The summed E-state index contributed by atoms with van der Waals surface area (Å²) in [6, 6.07) is 0. The molecule has 108 valence electrons. The molecular weight excluding hydrogens is 254 g/mol. The van der Waals surface area contributed by atoms with Gasteiger partial charge in [-0.15, -0.1) is 11.3 Å². The monoisotopic (exact) mass is 281 g/mol. The van der Waals surface area contributed by atoms with Crippen molar-refractivity contribution in [3.05, 3.63) is 10.6 Å². The number of unbranched alkanes of at least 4 members (excludes halogenated alkanes) is 1. The van der Waals surface area contributed by atoms with Gasteiger partial charge in [-0.2, -0.15) is 0 Å². The normalized spacial score (nSPS) is 19.9. The van der Waals surface area contributed by atoms with Crippen molar-refractivity contribution in [3.63, 3.8) is 0 Å². The molecule has 19 heavy (non-hydrogen) atoms. The standard InChI is InChI=1S/C15H27N3S/c1-4-5-8-16-10-14-13(3)17-15(19-14)18-9-6-7-12(2)11-18/h12,16H,4-11H2,1-3H3. The zero-order valence-corrected chi connectivity index (χ0v) is 13.4. The van der Waals surface area contributed by atoms with Gasteiger partial charge in [0.1, 0.15) is 0 Å². The molecule has 1 aliphatic heterocycles. The molecule has 1 atom stereocenters. The zero-order valence-electron chi connectivity index (χ0n) is 12.5. The van der Waals surface area contributed by atoms with E-state index in [0.29, 0.717) is 0 Å². The molecule has 2 heterocycles. The Hall–Kier alpha value is -0.610. The fraction of sp³-hybridized carbons (Fsp3) is 0.800. The van der Waals surface area contributed by atoms with Crippen LogP contribution in [0.5, 0.6) is 0 Å². The molecule has 1 fully saturated rings. The van der Waals surface area contributed by atoms with E-state index < -0.39 is 0 Å². The summed E-state index contributed by atoms with van der Waals surface area (Å²) in [6.07, 6.45) is 5.19. The first-order valence-electron chi connectivity index (χ1n) is 7.62. The van der Waals surface area contributed by atoms with E-state index in [4.69, 9.17) is 4.98 Å². The highest BCUT2D eigenvalue weighted by Crippen LogP contribution is 2.29. The van der Waals surface area contributed by atoms with E-state index in [1.54, 1.807) is 0 Å². The van der Waals surface area contributed by atoms with E-state index in [-0.39, 0.29) is 0 Å². The smallest absolute Gasteiger partial charge is 0.185 e. The van der Waals surface area contributed by atoms with E-state index in [2.05, 4.69) is 31.0 Å². The summed E-state index contributed by atoms with van der Waals surface area (Å²) in [6.45, 7) is 11.2. The third-order valence-electron chi connectivity index (χ3n) is 3.80. The topological polar surface area (TPSA) is 28.2 Å². The second-order valence-electron chi connectivity index (χ2n) is 5.73. The number of piperidine rings is 1. The number of aryl methyl sites for hydroxylation is 1. The van der Waals surface area contributed by atoms with E-state index in [1.165, 1.54) is 54.5 Å². The maximum atomic E-state index is 4.77. The Morgan fingerprint density at radius 1 is 1.47 bits per heavy atom. The minimum absolute atomic E-state index is 0.809. The number of thiazole rings is 1. The minimum Gasteiger partial charge on any atom is -0.348 e. The number of nitrogens with one attached hydrogen (secondary N) is 1. The van der Waals surface area contributed by atoms with Gasteiger partial charge in [0.2, 0.25) is 0 Å². The van der Waals surface area contributed by atoms with Crippen molar-refractivity contribution in [1.82, 2.24) is 10.3 Å². The predicted molar refractivity (Wildman–Crippen MR) is 84.1 cm³/mol. The van der Waals surface area contributed by atoms with Crippen molar-refractivity contribution in [2.45, 2.75) is 53.0 Å². The Kier molecular flexibility index (Phi) is 5.64. The summed E-state index contributed by atoms with van der Waals surface area (Å²) in [5.41, 5.74) is 1.21.